The molecular weight excluding hydrogens is 164 g/mol. The Morgan fingerprint density at radius 2 is 2.15 bits per heavy atom. The van der Waals surface area contributed by atoms with Crippen LogP contribution in [-0.2, 0) is 6.42 Å². The molecule has 0 aliphatic heterocycles. The fourth-order valence-electron chi connectivity index (χ4n) is 1.33. The Morgan fingerprint density at radius 3 is 2.77 bits per heavy atom. The van der Waals surface area contributed by atoms with Crippen molar-refractivity contribution in [1.82, 2.24) is 0 Å². The van der Waals surface area contributed by atoms with Crippen molar-refractivity contribution in [2.75, 3.05) is 7.11 Å². The van der Waals surface area contributed by atoms with Crippen LogP contribution >= 0.6 is 0 Å². The van der Waals surface area contributed by atoms with Gasteiger partial charge in [-0.25, -0.2) is 0 Å². The van der Waals surface area contributed by atoms with Gasteiger partial charge in [0.25, 0.3) is 0 Å². The lowest BCUT2D eigenvalue weighted by atomic mass is 10.1. The highest BCUT2D eigenvalue weighted by Gasteiger charge is 2.02. The van der Waals surface area contributed by atoms with Gasteiger partial charge >= 0.3 is 0 Å². The van der Waals surface area contributed by atoms with Crippen LogP contribution in [0.25, 0.3) is 0 Å². The first-order valence-corrected chi connectivity index (χ1v) is 4.63. The minimum atomic E-state index is 0.312. The smallest absolute Gasteiger partial charge is 0.122 e. The number of hydrogen-bond donors (Lipinski definition) is 1. The standard InChI is InChI=1S/C11H16O2/c1-3-4-5-9-8-10(12)6-7-11(9)13-2/h6-8,12H,3-5H2,1-2H3. The van der Waals surface area contributed by atoms with Gasteiger partial charge in [0.1, 0.15) is 11.5 Å². The van der Waals surface area contributed by atoms with Crippen molar-refractivity contribution in [2.24, 2.45) is 0 Å². The van der Waals surface area contributed by atoms with Crippen LogP contribution in [0.15, 0.2) is 18.2 Å². The van der Waals surface area contributed by atoms with Crippen LogP contribution in [0.4, 0.5) is 0 Å². The van der Waals surface area contributed by atoms with Crippen molar-refractivity contribution in [3.05, 3.63) is 23.8 Å². The third-order valence-corrected chi connectivity index (χ3v) is 2.06. The first kappa shape index (κ1) is 9.90. The fourth-order valence-corrected chi connectivity index (χ4v) is 1.33. The van der Waals surface area contributed by atoms with Gasteiger partial charge in [0.15, 0.2) is 0 Å². The summed E-state index contributed by atoms with van der Waals surface area (Å²) in [6.45, 7) is 2.15. The second-order valence-electron chi connectivity index (χ2n) is 3.10. The van der Waals surface area contributed by atoms with Gasteiger partial charge in [-0.15, -0.1) is 0 Å². The lowest BCUT2D eigenvalue weighted by Gasteiger charge is -2.07. The van der Waals surface area contributed by atoms with Gasteiger partial charge in [-0.1, -0.05) is 13.3 Å². The topological polar surface area (TPSA) is 29.5 Å². The summed E-state index contributed by atoms with van der Waals surface area (Å²) < 4.78 is 5.19. The van der Waals surface area contributed by atoms with Crippen LogP contribution in [0.1, 0.15) is 25.3 Å². The van der Waals surface area contributed by atoms with E-state index in [1.807, 2.05) is 0 Å². The third-order valence-electron chi connectivity index (χ3n) is 2.06. The number of aromatic hydroxyl groups is 1. The van der Waals surface area contributed by atoms with Crippen molar-refractivity contribution < 1.29 is 9.84 Å². The molecule has 0 saturated heterocycles. The maximum absolute atomic E-state index is 9.28. The van der Waals surface area contributed by atoms with Crippen LogP contribution < -0.4 is 4.74 Å². The molecule has 13 heavy (non-hydrogen) atoms. The van der Waals surface area contributed by atoms with Gasteiger partial charge in [-0.3, -0.25) is 0 Å². The number of rotatable bonds is 4. The zero-order valence-corrected chi connectivity index (χ0v) is 8.21. The Morgan fingerprint density at radius 1 is 1.38 bits per heavy atom. The first-order valence-electron chi connectivity index (χ1n) is 4.63. The monoisotopic (exact) mass is 180 g/mol. The molecule has 0 aliphatic carbocycles. The van der Waals surface area contributed by atoms with Gasteiger partial charge in [-0.2, -0.15) is 0 Å². The van der Waals surface area contributed by atoms with E-state index in [-0.39, 0.29) is 0 Å². The van der Waals surface area contributed by atoms with Gasteiger partial charge < -0.3 is 9.84 Å². The molecule has 0 atom stereocenters. The van der Waals surface area contributed by atoms with Gasteiger partial charge in [-0.05, 0) is 36.6 Å². The van der Waals surface area contributed by atoms with Gasteiger partial charge in [0.05, 0.1) is 7.11 Å². The summed E-state index contributed by atoms with van der Waals surface area (Å²) in [7, 11) is 1.65. The molecule has 1 aromatic rings. The summed E-state index contributed by atoms with van der Waals surface area (Å²) in [5.74, 6) is 1.18. The fraction of sp³-hybridized carbons (Fsp3) is 0.455. The van der Waals surface area contributed by atoms with Gasteiger partial charge in [0, 0.05) is 0 Å². The van der Waals surface area contributed by atoms with Crippen molar-refractivity contribution >= 4 is 0 Å². The van der Waals surface area contributed by atoms with E-state index in [0.717, 1.165) is 30.6 Å². The number of phenols is 1. The Hall–Kier alpha value is -1.18. The molecule has 1 aromatic carbocycles. The molecule has 0 bridgehead atoms. The zero-order valence-electron chi connectivity index (χ0n) is 8.21. The number of aryl methyl sites for hydroxylation is 1. The van der Waals surface area contributed by atoms with E-state index in [9.17, 15) is 5.11 Å². The second-order valence-corrected chi connectivity index (χ2v) is 3.10. The number of hydrogen-bond acceptors (Lipinski definition) is 2. The van der Waals surface area contributed by atoms with Crippen LogP contribution in [0, 0.1) is 0 Å². The van der Waals surface area contributed by atoms with Crippen LogP contribution in [-0.4, -0.2) is 12.2 Å². The van der Waals surface area contributed by atoms with Crippen LogP contribution in [0.3, 0.4) is 0 Å². The zero-order chi connectivity index (χ0) is 9.68. The minimum Gasteiger partial charge on any atom is -0.508 e. The van der Waals surface area contributed by atoms with Crippen LogP contribution in [0.5, 0.6) is 11.5 Å². The molecule has 1 rings (SSSR count). The van der Waals surface area contributed by atoms with Crippen LogP contribution in [0.2, 0.25) is 0 Å². The number of benzene rings is 1. The molecular formula is C11H16O2. The molecule has 0 heterocycles. The average Bonchev–Trinajstić information content (AvgIpc) is 2.15. The number of unbranched alkanes of at least 4 members (excludes halogenated alkanes) is 1. The molecule has 72 valence electrons. The summed E-state index contributed by atoms with van der Waals surface area (Å²) in [5, 5.41) is 9.28. The predicted octanol–water partition coefficient (Wildman–Crippen LogP) is 2.74. The Balaban J connectivity index is 2.81. The number of methoxy groups -OCH3 is 1. The van der Waals surface area contributed by atoms with Gasteiger partial charge in [0.2, 0.25) is 0 Å². The van der Waals surface area contributed by atoms with E-state index in [1.165, 1.54) is 0 Å². The van der Waals surface area contributed by atoms with E-state index < -0.39 is 0 Å². The van der Waals surface area contributed by atoms with Crippen molar-refractivity contribution in [2.45, 2.75) is 26.2 Å². The van der Waals surface area contributed by atoms with E-state index >= 15 is 0 Å². The van der Waals surface area contributed by atoms with Crippen molar-refractivity contribution in [3.63, 3.8) is 0 Å². The molecule has 0 fully saturated rings. The lowest BCUT2D eigenvalue weighted by molar-refractivity contribution is 0.406. The number of ether oxygens (including phenoxy) is 1. The normalized spacial score (nSPS) is 10.0. The predicted molar refractivity (Wildman–Crippen MR) is 53.3 cm³/mol. The minimum absolute atomic E-state index is 0.312. The maximum atomic E-state index is 9.28. The molecule has 2 nitrogen and oxygen atoms in total. The van der Waals surface area contributed by atoms with Crippen molar-refractivity contribution in [3.8, 4) is 11.5 Å². The average molecular weight is 180 g/mol. The summed E-state index contributed by atoms with van der Waals surface area (Å²) in [6.07, 6.45) is 3.24. The SMILES string of the molecule is CCCCc1cc(O)ccc1OC. The summed E-state index contributed by atoms with van der Waals surface area (Å²) in [6, 6.07) is 5.23. The Kier molecular flexibility index (Phi) is 3.62. The second kappa shape index (κ2) is 4.75. The third kappa shape index (κ3) is 2.65. The molecule has 0 unspecified atom stereocenters. The Labute approximate surface area is 79.2 Å². The molecule has 0 radical (unpaired) electrons. The molecule has 2 heteroatoms. The highest BCUT2D eigenvalue weighted by atomic mass is 16.5. The summed E-state index contributed by atoms with van der Waals surface area (Å²) >= 11 is 0. The first-order chi connectivity index (χ1) is 6.27. The van der Waals surface area contributed by atoms with E-state index in [0.29, 0.717) is 5.75 Å². The molecule has 0 amide bonds. The maximum Gasteiger partial charge on any atom is 0.122 e. The number of phenolic OH excluding ortho intramolecular Hbond substituents is 1. The molecule has 1 N–H and O–H groups in total. The quantitative estimate of drug-likeness (QED) is 0.772. The van der Waals surface area contributed by atoms with E-state index in [2.05, 4.69) is 6.92 Å². The largest absolute Gasteiger partial charge is 0.508 e. The summed E-state index contributed by atoms with van der Waals surface area (Å²) in [5.41, 5.74) is 1.09. The van der Waals surface area contributed by atoms with E-state index in [4.69, 9.17) is 4.74 Å². The molecule has 0 spiro atoms. The highest BCUT2D eigenvalue weighted by Crippen LogP contribution is 2.24. The molecule has 0 aromatic heterocycles. The molecule has 0 saturated carbocycles. The highest BCUT2D eigenvalue weighted by molar-refractivity contribution is 5.39. The lowest BCUT2D eigenvalue weighted by Crippen LogP contribution is -1.91. The summed E-state index contributed by atoms with van der Waals surface area (Å²) in [4.78, 5) is 0. The van der Waals surface area contributed by atoms with Crippen molar-refractivity contribution in [1.29, 1.82) is 0 Å². The Bertz CT molecular complexity index is 269. The molecule has 0 aliphatic rings. The van der Waals surface area contributed by atoms with E-state index in [1.54, 1.807) is 25.3 Å².